The minimum atomic E-state index is 1.20. The first-order valence-electron chi connectivity index (χ1n) is 3.82. The van der Waals surface area contributed by atoms with Gasteiger partial charge in [-0.15, -0.1) is 0 Å². The summed E-state index contributed by atoms with van der Waals surface area (Å²) in [6.45, 7) is 8.40. The van der Waals surface area contributed by atoms with Gasteiger partial charge in [-0.25, -0.2) is 0 Å². The van der Waals surface area contributed by atoms with E-state index in [2.05, 4.69) is 38.8 Å². The van der Waals surface area contributed by atoms with Gasteiger partial charge >= 0.3 is 0 Å². The third-order valence-electron chi connectivity index (χ3n) is 1.57. The van der Waals surface area contributed by atoms with Gasteiger partial charge in [0.15, 0.2) is 0 Å². The molecule has 0 bridgehead atoms. The van der Waals surface area contributed by atoms with Crippen LogP contribution in [-0.4, -0.2) is 13.3 Å². The van der Waals surface area contributed by atoms with Crippen molar-refractivity contribution in [3.63, 3.8) is 0 Å². The van der Waals surface area contributed by atoms with Crippen molar-refractivity contribution in [3.8, 4) is 0 Å². The topological polar surface area (TPSA) is 12.4 Å². The number of aliphatic imine (C=N–C) groups is 1. The van der Waals surface area contributed by atoms with Crippen molar-refractivity contribution in [2.24, 2.45) is 4.99 Å². The van der Waals surface area contributed by atoms with Crippen molar-refractivity contribution < 1.29 is 0 Å². The lowest BCUT2D eigenvalue weighted by Gasteiger charge is -1.96. The largest absolute Gasteiger partial charge is 0.296 e. The van der Waals surface area contributed by atoms with Crippen molar-refractivity contribution in [2.45, 2.75) is 27.7 Å². The van der Waals surface area contributed by atoms with E-state index in [-0.39, 0.29) is 0 Å². The normalized spacial score (nSPS) is 12.3. The molecule has 0 unspecified atom stereocenters. The van der Waals surface area contributed by atoms with Crippen LogP contribution in [0.2, 0.25) is 0 Å². The average molecular weight is 151 g/mol. The minimum Gasteiger partial charge on any atom is -0.296 e. The summed E-state index contributed by atoms with van der Waals surface area (Å²) in [7, 11) is 1.79. The summed E-state index contributed by atoms with van der Waals surface area (Å²) in [6.07, 6.45) is 4.01. The molecule has 0 aromatic carbocycles. The minimum absolute atomic E-state index is 1.20. The number of hydrogen-bond donors (Lipinski definition) is 0. The van der Waals surface area contributed by atoms with Gasteiger partial charge in [-0.2, -0.15) is 0 Å². The van der Waals surface area contributed by atoms with Crippen LogP contribution in [0.3, 0.4) is 0 Å². The van der Waals surface area contributed by atoms with Gasteiger partial charge in [0.1, 0.15) is 0 Å². The molecule has 0 saturated carbocycles. The Balaban J connectivity index is 4.44. The number of allylic oxidation sites excluding steroid dienone is 4. The summed E-state index contributed by atoms with van der Waals surface area (Å²) >= 11 is 0. The maximum Gasteiger partial charge on any atom is 0.0277 e. The van der Waals surface area contributed by atoms with Gasteiger partial charge in [-0.3, -0.25) is 4.99 Å². The molecular weight excluding hydrogens is 134 g/mol. The van der Waals surface area contributed by atoms with Gasteiger partial charge in [0.05, 0.1) is 0 Å². The first-order valence-corrected chi connectivity index (χ1v) is 3.82. The molecule has 0 fully saturated rings. The van der Waals surface area contributed by atoms with E-state index < -0.39 is 0 Å². The van der Waals surface area contributed by atoms with Gasteiger partial charge in [0, 0.05) is 13.3 Å². The molecule has 0 spiro atoms. The van der Waals surface area contributed by atoms with Crippen molar-refractivity contribution in [3.05, 3.63) is 22.8 Å². The summed E-state index contributed by atoms with van der Waals surface area (Å²) in [4.78, 5) is 3.93. The summed E-state index contributed by atoms with van der Waals surface area (Å²) < 4.78 is 0. The van der Waals surface area contributed by atoms with Crippen molar-refractivity contribution in [1.82, 2.24) is 0 Å². The summed E-state index contributed by atoms with van der Waals surface area (Å²) in [5.41, 5.74) is 3.88. The zero-order valence-corrected chi connectivity index (χ0v) is 8.10. The van der Waals surface area contributed by atoms with E-state index >= 15 is 0 Å². The van der Waals surface area contributed by atoms with Crippen LogP contribution in [0.1, 0.15) is 27.7 Å². The second kappa shape index (κ2) is 4.89. The SMILES string of the molecule is C/N=C/C(C)=C\C(C)=C(C)C. The smallest absolute Gasteiger partial charge is 0.0277 e. The van der Waals surface area contributed by atoms with Gasteiger partial charge in [0.2, 0.25) is 0 Å². The van der Waals surface area contributed by atoms with Crippen LogP contribution < -0.4 is 0 Å². The third kappa shape index (κ3) is 4.54. The average Bonchev–Trinajstić information content (AvgIpc) is 1.87. The molecule has 0 amide bonds. The number of hydrogen-bond acceptors (Lipinski definition) is 1. The van der Waals surface area contributed by atoms with E-state index in [1.807, 2.05) is 6.21 Å². The first-order chi connectivity index (χ1) is 5.07. The highest BCUT2D eigenvalue weighted by Crippen LogP contribution is 2.05. The maximum absolute atomic E-state index is 3.93. The van der Waals surface area contributed by atoms with Crippen LogP contribution in [0.15, 0.2) is 27.8 Å². The van der Waals surface area contributed by atoms with E-state index in [1.165, 1.54) is 16.7 Å². The van der Waals surface area contributed by atoms with Crippen molar-refractivity contribution in [1.29, 1.82) is 0 Å². The highest BCUT2D eigenvalue weighted by molar-refractivity contribution is 5.78. The number of rotatable bonds is 2. The zero-order chi connectivity index (χ0) is 8.85. The highest BCUT2D eigenvalue weighted by atomic mass is 14.6. The Kier molecular flexibility index (Phi) is 4.51. The Bertz CT molecular complexity index is 203. The molecule has 0 aromatic heterocycles. The molecule has 1 heteroatoms. The van der Waals surface area contributed by atoms with Crippen LogP contribution in [-0.2, 0) is 0 Å². The molecule has 62 valence electrons. The first kappa shape index (κ1) is 10.2. The van der Waals surface area contributed by atoms with Crippen LogP contribution in [0.5, 0.6) is 0 Å². The number of nitrogens with zero attached hydrogens (tertiary/aromatic N) is 1. The van der Waals surface area contributed by atoms with Crippen LogP contribution in [0, 0.1) is 0 Å². The molecule has 11 heavy (non-hydrogen) atoms. The molecule has 0 N–H and O–H groups in total. The monoisotopic (exact) mass is 151 g/mol. The van der Waals surface area contributed by atoms with E-state index in [0.29, 0.717) is 0 Å². The van der Waals surface area contributed by atoms with Gasteiger partial charge in [-0.1, -0.05) is 17.2 Å². The van der Waals surface area contributed by atoms with E-state index in [0.717, 1.165) is 0 Å². The van der Waals surface area contributed by atoms with Crippen molar-refractivity contribution >= 4 is 6.21 Å². The lowest BCUT2D eigenvalue weighted by molar-refractivity contribution is 1.28. The molecule has 0 rings (SSSR count). The Labute approximate surface area is 69.5 Å². The zero-order valence-electron chi connectivity index (χ0n) is 8.10. The molecular formula is C10H17N. The second-order valence-corrected chi connectivity index (χ2v) is 2.96. The second-order valence-electron chi connectivity index (χ2n) is 2.96. The Morgan fingerprint density at radius 1 is 1.09 bits per heavy atom. The van der Waals surface area contributed by atoms with E-state index in [4.69, 9.17) is 0 Å². The molecule has 1 nitrogen and oxygen atoms in total. The Hall–Kier alpha value is -0.850. The van der Waals surface area contributed by atoms with E-state index in [1.54, 1.807) is 7.05 Å². The molecule has 0 atom stereocenters. The van der Waals surface area contributed by atoms with Crippen LogP contribution >= 0.6 is 0 Å². The molecule has 0 aliphatic rings. The van der Waals surface area contributed by atoms with Crippen LogP contribution in [0.4, 0.5) is 0 Å². The summed E-state index contributed by atoms with van der Waals surface area (Å²) in [6, 6.07) is 0. The molecule has 0 aliphatic carbocycles. The lowest BCUT2D eigenvalue weighted by atomic mass is 10.1. The third-order valence-corrected chi connectivity index (χ3v) is 1.57. The van der Waals surface area contributed by atoms with Crippen LogP contribution in [0.25, 0.3) is 0 Å². The lowest BCUT2D eigenvalue weighted by Crippen LogP contribution is -1.80. The maximum atomic E-state index is 3.93. The molecule has 0 saturated heterocycles. The molecule has 0 heterocycles. The molecule has 0 radical (unpaired) electrons. The fourth-order valence-electron chi connectivity index (χ4n) is 0.727. The van der Waals surface area contributed by atoms with Gasteiger partial charge in [0.25, 0.3) is 0 Å². The quantitative estimate of drug-likeness (QED) is 0.425. The Morgan fingerprint density at radius 2 is 1.64 bits per heavy atom. The molecule has 0 aliphatic heterocycles. The van der Waals surface area contributed by atoms with E-state index in [9.17, 15) is 0 Å². The van der Waals surface area contributed by atoms with Gasteiger partial charge in [-0.05, 0) is 33.3 Å². The highest BCUT2D eigenvalue weighted by Gasteiger charge is 1.87. The summed E-state index contributed by atoms with van der Waals surface area (Å²) in [5, 5.41) is 0. The fourth-order valence-corrected chi connectivity index (χ4v) is 0.727. The standard InChI is InChI=1S/C10H17N/c1-8(2)10(4)6-9(3)7-11-5/h6-7H,1-5H3/b9-6-,11-7+. The predicted molar refractivity (Wildman–Crippen MR) is 52.2 cm³/mol. The summed E-state index contributed by atoms with van der Waals surface area (Å²) in [5.74, 6) is 0. The Morgan fingerprint density at radius 3 is 2.00 bits per heavy atom. The van der Waals surface area contributed by atoms with Crippen molar-refractivity contribution in [2.75, 3.05) is 7.05 Å². The molecule has 0 aromatic rings. The predicted octanol–water partition coefficient (Wildman–Crippen LogP) is 2.99. The fraction of sp³-hybridized carbons (Fsp3) is 0.500. The van der Waals surface area contributed by atoms with Gasteiger partial charge < -0.3 is 0 Å².